The maximum absolute atomic E-state index is 12.4. The molecule has 0 heterocycles. The van der Waals surface area contributed by atoms with Gasteiger partial charge in [0.15, 0.2) is 0 Å². The molecule has 4 nitrogen and oxygen atoms in total. The molecule has 0 radical (unpaired) electrons. The summed E-state index contributed by atoms with van der Waals surface area (Å²) in [6, 6.07) is 8.09. The van der Waals surface area contributed by atoms with Crippen LogP contribution in [0.15, 0.2) is 29.2 Å². The molecule has 0 unspecified atom stereocenters. The number of sulfonamides is 1. The van der Waals surface area contributed by atoms with Crippen molar-refractivity contribution in [1.82, 2.24) is 4.72 Å². The normalized spacial score (nSPS) is 26.9. The molecule has 1 aliphatic rings. The van der Waals surface area contributed by atoms with Crippen LogP contribution in [0.3, 0.4) is 0 Å². The van der Waals surface area contributed by atoms with E-state index in [1.54, 1.807) is 12.1 Å². The van der Waals surface area contributed by atoms with Gasteiger partial charge in [-0.3, -0.25) is 0 Å². The number of nitriles is 1. The lowest BCUT2D eigenvalue weighted by Crippen LogP contribution is -2.43. The van der Waals surface area contributed by atoms with Crippen molar-refractivity contribution in [3.8, 4) is 6.07 Å². The van der Waals surface area contributed by atoms with Gasteiger partial charge in [-0.25, -0.2) is 13.1 Å². The van der Waals surface area contributed by atoms with E-state index in [4.69, 9.17) is 5.26 Å². The van der Waals surface area contributed by atoms with Crippen LogP contribution in [-0.4, -0.2) is 14.5 Å². The molecule has 0 spiro atoms. The second-order valence-corrected chi connectivity index (χ2v) is 7.35. The van der Waals surface area contributed by atoms with E-state index in [0.717, 1.165) is 19.3 Å². The first kappa shape index (κ1) is 15.0. The first-order valence-corrected chi connectivity index (χ1v) is 8.45. The van der Waals surface area contributed by atoms with Crippen LogP contribution in [0.5, 0.6) is 0 Å². The molecule has 5 heteroatoms. The van der Waals surface area contributed by atoms with Crippen LogP contribution in [0, 0.1) is 23.2 Å². The molecule has 2 rings (SSSR count). The van der Waals surface area contributed by atoms with Crippen molar-refractivity contribution in [2.24, 2.45) is 11.8 Å². The van der Waals surface area contributed by atoms with Gasteiger partial charge in [-0.15, -0.1) is 0 Å². The molecule has 0 bridgehead atoms. The molecule has 1 aromatic rings. The molecule has 3 atom stereocenters. The predicted molar refractivity (Wildman–Crippen MR) is 77.4 cm³/mol. The van der Waals surface area contributed by atoms with E-state index < -0.39 is 10.0 Å². The number of hydrogen-bond donors (Lipinski definition) is 1. The first-order valence-electron chi connectivity index (χ1n) is 6.96. The third kappa shape index (κ3) is 3.20. The highest BCUT2D eigenvalue weighted by Gasteiger charge is 2.30. The molecular formula is C15H20N2O2S. The minimum Gasteiger partial charge on any atom is -0.208 e. The monoisotopic (exact) mass is 292 g/mol. The van der Waals surface area contributed by atoms with Crippen LogP contribution < -0.4 is 4.72 Å². The molecular weight excluding hydrogens is 272 g/mol. The van der Waals surface area contributed by atoms with Crippen molar-refractivity contribution in [3.05, 3.63) is 29.8 Å². The van der Waals surface area contributed by atoms with Crippen molar-refractivity contribution >= 4 is 10.0 Å². The topological polar surface area (TPSA) is 70.0 Å². The second-order valence-electron chi connectivity index (χ2n) is 5.63. The fourth-order valence-corrected chi connectivity index (χ4v) is 4.16. The minimum atomic E-state index is -3.55. The summed E-state index contributed by atoms with van der Waals surface area (Å²) in [7, 11) is -3.55. The lowest BCUT2D eigenvalue weighted by atomic mass is 9.78. The number of nitrogens with zero attached hydrogens (tertiary/aromatic N) is 1. The van der Waals surface area contributed by atoms with Gasteiger partial charge in [0.2, 0.25) is 10.0 Å². The fourth-order valence-electron chi connectivity index (χ4n) is 2.75. The Kier molecular flexibility index (Phi) is 4.46. The summed E-state index contributed by atoms with van der Waals surface area (Å²) < 4.78 is 27.6. The fraction of sp³-hybridized carbons (Fsp3) is 0.533. The predicted octanol–water partition coefficient (Wildman–Crippen LogP) is 2.66. The molecule has 1 saturated carbocycles. The maximum Gasteiger partial charge on any atom is 0.240 e. The average Bonchev–Trinajstić information content (AvgIpc) is 2.44. The molecule has 0 amide bonds. The van der Waals surface area contributed by atoms with Gasteiger partial charge in [0.1, 0.15) is 0 Å². The Morgan fingerprint density at radius 3 is 2.75 bits per heavy atom. The third-order valence-electron chi connectivity index (χ3n) is 4.29. The Balaban J connectivity index is 2.20. The van der Waals surface area contributed by atoms with Crippen LogP contribution in [0.2, 0.25) is 0 Å². The quantitative estimate of drug-likeness (QED) is 0.931. The van der Waals surface area contributed by atoms with Crippen LogP contribution in [-0.2, 0) is 10.0 Å². The Morgan fingerprint density at radius 2 is 2.05 bits per heavy atom. The Labute approximate surface area is 120 Å². The Hall–Kier alpha value is -1.38. The lowest BCUT2D eigenvalue weighted by molar-refractivity contribution is 0.227. The molecule has 0 aromatic heterocycles. The molecule has 1 fully saturated rings. The zero-order valence-electron chi connectivity index (χ0n) is 11.8. The lowest BCUT2D eigenvalue weighted by Gasteiger charge is -2.34. The summed E-state index contributed by atoms with van der Waals surface area (Å²) in [5, 5.41) is 8.86. The van der Waals surface area contributed by atoms with Crippen molar-refractivity contribution < 1.29 is 8.42 Å². The Bertz CT molecular complexity index is 619. The van der Waals surface area contributed by atoms with Crippen LogP contribution in [0.25, 0.3) is 0 Å². The van der Waals surface area contributed by atoms with E-state index in [0.29, 0.717) is 17.4 Å². The van der Waals surface area contributed by atoms with Gasteiger partial charge in [-0.05, 0) is 36.5 Å². The number of nitrogens with one attached hydrogen (secondary N) is 1. The van der Waals surface area contributed by atoms with Crippen LogP contribution in [0.4, 0.5) is 0 Å². The zero-order chi connectivity index (χ0) is 14.8. The largest absolute Gasteiger partial charge is 0.240 e. The summed E-state index contributed by atoms with van der Waals surface area (Å²) >= 11 is 0. The molecule has 20 heavy (non-hydrogen) atoms. The zero-order valence-corrected chi connectivity index (χ0v) is 12.7. The number of benzene rings is 1. The smallest absolute Gasteiger partial charge is 0.208 e. The Morgan fingerprint density at radius 1 is 1.30 bits per heavy atom. The van der Waals surface area contributed by atoms with Crippen molar-refractivity contribution in [2.75, 3.05) is 0 Å². The SMILES string of the molecule is C[C@@H]1[C@H](C)CCC[C@@H]1NS(=O)(=O)c1cccc(C#N)c1. The van der Waals surface area contributed by atoms with Crippen molar-refractivity contribution in [2.45, 2.75) is 44.0 Å². The first-order chi connectivity index (χ1) is 9.44. The molecule has 1 aliphatic carbocycles. The average molecular weight is 292 g/mol. The molecule has 1 aromatic carbocycles. The number of rotatable bonds is 3. The van der Waals surface area contributed by atoms with E-state index in [2.05, 4.69) is 18.6 Å². The van der Waals surface area contributed by atoms with Gasteiger partial charge in [0.25, 0.3) is 0 Å². The molecule has 0 aliphatic heterocycles. The van der Waals surface area contributed by atoms with Gasteiger partial charge in [0.05, 0.1) is 16.5 Å². The standard InChI is InChI=1S/C15H20N2O2S/c1-11-5-3-8-15(12(11)2)17-20(18,19)14-7-4-6-13(9-14)10-16/h4,6-7,9,11-12,15,17H,3,5,8H2,1-2H3/t11-,12-,15+/m1/s1. The highest BCUT2D eigenvalue weighted by Crippen LogP contribution is 2.30. The van der Waals surface area contributed by atoms with Gasteiger partial charge < -0.3 is 0 Å². The summed E-state index contributed by atoms with van der Waals surface area (Å²) in [5.74, 6) is 0.861. The van der Waals surface area contributed by atoms with E-state index in [1.807, 2.05) is 6.07 Å². The van der Waals surface area contributed by atoms with Gasteiger partial charge in [-0.1, -0.05) is 32.8 Å². The third-order valence-corrected chi connectivity index (χ3v) is 5.77. The van der Waals surface area contributed by atoms with Crippen LogP contribution >= 0.6 is 0 Å². The van der Waals surface area contributed by atoms with Gasteiger partial charge in [0, 0.05) is 6.04 Å². The van der Waals surface area contributed by atoms with Crippen molar-refractivity contribution in [3.63, 3.8) is 0 Å². The minimum absolute atomic E-state index is 0.0190. The van der Waals surface area contributed by atoms with E-state index in [-0.39, 0.29) is 10.9 Å². The second kappa shape index (κ2) is 5.94. The molecule has 1 N–H and O–H groups in total. The van der Waals surface area contributed by atoms with Gasteiger partial charge in [-0.2, -0.15) is 5.26 Å². The summed E-state index contributed by atoms with van der Waals surface area (Å²) in [6.45, 7) is 4.27. The van der Waals surface area contributed by atoms with Crippen molar-refractivity contribution in [1.29, 1.82) is 5.26 Å². The van der Waals surface area contributed by atoms with Gasteiger partial charge >= 0.3 is 0 Å². The van der Waals surface area contributed by atoms with Crippen LogP contribution in [0.1, 0.15) is 38.7 Å². The summed E-state index contributed by atoms with van der Waals surface area (Å²) in [5.41, 5.74) is 0.359. The highest BCUT2D eigenvalue weighted by molar-refractivity contribution is 7.89. The number of hydrogen-bond acceptors (Lipinski definition) is 3. The van der Waals surface area contributed by atoms with E-state index >= 15 is 0 Å². The molecule has 0 saturated heterocycles. The summed E-state index contributed by atoms with van der Waals surface area (Å²) in [4.78, 5) is 0.168. The summed E-state index contributed by atoms with van der Waals surface area (Å²) in [6.07, 6.45) is 3.09. The highest BCUT2D eigenvalue weighted by atomic mass is 32.2. The van der Waals surface area contributed by atoms with E-state index in [1.165, 1.54) is 12.1 Å². The van der Waals surface area contributed by atoms with E-state index in [9.17, 15) is 8.42 Å². The maximum atomic E-state index is 12.4. The molecule has 108 valence electrons.